The van der Waals surface area contributed by atoms with Gasteiger partial charge >= 0.3 is 5.97 Å². The first-order chi connectivity index (χ1) is 16.0. The number of carbonyl (C=O) groups excluding carboxylic acids is 1. The Morgan fingerprint density at radius 2 is 1.85 bits per heavy atom. The van der Waals surface area contributed by atoms with Crippen LogP contribution in [-0.2, 0) is 17.8 Å². The van der Waals surface area contributed by atoms with Crippen molar-refractivity contribution in [2.45, 2.75) is 33.2 Å². The topological polar surface area (TPSA) is 97.8 Å². The maximum atomic E-state index is 12.7. The summed E-state index contributed by atoms with van der Waals surface area (Å²) in [7, 11) is 0. The first-order valence-electron chi connectivity index (χ1n) is 10.9. The average Bonchev–Trinajstić information content (AvgIpc) is 2.83. The molecule has 33 heavy (non-hydrogen) atoms. The van der Waals surface area contributed by atoms with Crippen LogP contribution in [0, 0.1) is 5.92 Å². The van der Waals surface area contributed by atoms with Gasteiger partial charge in [0.25, 0.3) is 5.91 Å². The number of amides is 1. The number of carbonyl (C=O) groups is 2. The van der Waals surface area contributed by atoms with Crippen molar-refractivity contribution in [3.8, 4) is 17.4 Å². The first kappa shape index (κ1) is 23.8. The highest BCUT2D eigenvalue weighted by Gasteiger charge is 2.17. The minimum atomic E-state index is -0.809. The summed E-state index contributed by atoms with van der Waals surface area (Å²) in [5.41, 5.74) is 2.19. The summed E-state index contributed by atoms with van der Waals surface area (Å²) >= 11 is 0. The van der Waals surface area contributed by atoms with Gasteiger partial charge in [-0.2, -0.15) is 0 Å². The van der Waals surface area contributed by atoms with Gasteiger partial charge in [-0.1, -0.05) is 25.1 Å². The number of benzene rings is 2. The van der Waals surface area contributed by atoms with E-state index >= 15 is 0 Å². The molecule has 0 saturated carbocycles. The van der Waals surface area contributed by atoms with Crippen LogP contribution in [0.5, 0.6) is 17.4 Å². The van der Waals surface area contributed by atoms with Gasteiger partial charge in [0.05, 0.1) is 12.5 Å². The van der Waals surface area contributed by atoms with Crippen LogP contribution < -0.4 is 14.8 Å². The third-order valence-electron chi connectivity index (χ3n) is 5.16. The second kappa shape index (κ2) is 11.7. The van der Waals surface area contributed by atoms with Gasteiger partial charge in [0.1, 0.15) is 11.5 Å². The van der Waals surface area contributed by atoms with Gasteiger partial charge < -0.3 is 19.9 Å². The fraction of sp³-hybridized carbons (Fsp3) is 0.269. The van der Waals surface area contributed by atoms with Crippen LogP contribution in [0.1, 0.15) is 41.8 Å². The molecule has 0 aliphatic rings. The number of hydrogen-bond donors (Lipinski definition) is 2. The smallest absolute Gasteiger partial charge is 0.306 e. The zero-order chi connectivity index (χ0) is 23.6. The molecule has 0 radical (unpaired) electrons. The SMILES string of the molecule is CCOc1ccc(CC(CC)C(=O)O)cc1CNC(=O)c1ccc(Oc2ccccn2)cc1. The lowest BCUT2D eigenvalue weighted by atomic mass is 9.95. The van der Waals surface area contributed by atoms with Crippen LogP contribution in [0.4, 0.5) is 0 Å². The Balaban J connectivity index is 1.66. The summed E-state index contributed by atoms with van der Waals surface area (Å²) in [6, 6.07) is 17.8. The van der Waals surface area contributed by atoms with E-state index in [1.165, 1.54) is 0 Å². The number of carboxylic acid groups (broad SMARTS) is 1. The molecule has 1 unspecified atom stereocenters. The Hall–Kier alpha value is -3.87. The van der Waals surface area contributed by atoms with E-state index in [4.69, 9.17) is 9.47 Å². The molecule has 0 bridgehead atoms. The molecule has 1 amide bonds. The van der Waals surface area contributed by atoms with Gasteiger partial charge in [0.2, 0.25) is 5.88 Å². The second-order valence-electron chi connectivity index (χ2n) is 7.50. The zero-order valence-electron chi connectivity index (χ0n) is 18.8. The molecule has 7 nitrogen and oxygen atoms in total. The molecule has 3 aromatic rings. The maximum absolute atomic E-state index is 12.7. The Morgan fingerprint density at radius 1 is 1.06 bits per heavy atom. The van der Waals surface area contributed by atoms with Crippen molar-refractivity contribution in [2.75, 3.05) is 6.61 Å². The molecule has 1 atom stereocenters. The molecule has 172 valence electrons. The molecule has 7 heteroatoms. The summed E-state index contributed by atoms with van der Waals surface area (Å²) in [6.07, 6.45) is 2.62. The number of carboxylic acids is 1. The van der Waals surface area contributed by atoms with E-state index in [1.54, 1.807) is 42.6 Å². The summed E-state index contributed by atoms with van der Waals surface area (Å²) in [4.78, 5) is 28.2. The Labute approximate surface area is 193 Å². The summed E-state index contributed by atoms with van der Waals surface area (Å²) in [5, 5.41) is 12.3. The fourth-order valence-electron chi connectivity index (χ4n) is 3.37. The average molecular weight is 449 g/mol. The van der Waals surface area contributed by atoms with E-state index < -0.39 is 11.9 Å². The number of aliphatic carboxylic acids is 1. The predicted molar refractivity (Wildman–Crippen MR) is 125 cm³/mol. The van der Waals surface area contributed by atoms with Crippen molar-refractivity contribution in [2.24, 2.45) is 5.92 Å². The molecule has 2 N–H and O–H groups in total. The van der Waals surface area contributed by atoms with Crippen LogP contribution in [0.25, 0.3) is 0 Å². The van der Waals surface area contributed by atoms with E-state index in [0.717, 1.165) is 11.1 Å². The first-order valence-corrected chi connectivity index (χ1v) is 10.9. The van der Waals surface area contributed by atoms with Gasteiger partial charge in [0.15, 0.2) is 0 Å². The van der Waals surface area contributed by atoms with Crippen molar-refractivity contribution < 1.29 is 24.2 Å². The number of hydrogen-bond acceptors (Lipinski definition) is 5. The van der Waals surface area contributed by atoms with Gasteiger partial charge in [-0.25, -0.2) is 4.98 Å². The molecule has 1 heterocycles. The minimum Gasteiger partial charge on any atom is -0.494 e. The lowest BCUT2D eigenvalue weighted by molar-refractivity contribution is -0.141. The monoisotopic (exact) mass is 448 g/mol. The molecule has 2 aromatic carbocycles. The number of ether oxygens (including phenoxy) is 2. The van der Waals surface area contributed by atoms with E-state index in [-0.39, 0.29) is 12.5 Å². The number of pyridine rings is 1. The van der Waals surface area contributed by atoms with Crippen LogP contribution >= 0.6 is 0 Å². The number of nitrogens with one attached hydrogen (secondary N) is 1. The van der Waals surface area contributed by atoms with Gasteiger partial charge in [-0.3, -0.25) is 9.59 Å². The highest BCUT2D eigenvalue weighted by Crippen LogP contribution is 2.24. The van der Waals surface area contributed by atoms with Crippen molar-refractivity contribution in [3.63, 3.8) is 0 Å². The third kappa shape index (κ3) is 6.80. The summed E-state index contributed by atoms with van der Waals surface area (Å²) in [5.74, 6) is 0.244. The molecule has 1 aromatic heterocycles. The molecule has 0 aliphatic carbocycles. The number of aromatic nitrogens is 1. The van der Waals surface area contributed by atoms with E-state index in [9.17, 15) is 14.7 Å². The molecule has 0 saturated heterocycles. The van der Waals surface area contributed by atoms with Gasteiger partial charge in [-0.05, 0) is 61.7 Å². The lowest BCUT2D eigenvalue weighted by Gasteiger charge is -2.15. The second-order valence-corrected chi connectivity index (χ2v) is 7.50. The molecule has 0 aliphatic heterocycles. The van der Waals surface area contributed by atoms with Crippen LogP contribution in [0.2, 0.25) is 0 Å². The normalized spacial score (nSPS) is 11.5. The highest BCUT2D eigenvalue weighted by molar-refractivity contribution is 5.94. The number of nitrogens with zero attached hydrogens (tertiary/aromatic N) is 1. The Bertz CT molecular complexity index is 1070. The molecule has 0 fully saturated rings. The third-order valence-corrected chi connectivity index (χ3v) is 5.16. The fourth-order valence-corrected chi connectivity index (χ4v) is 3.37. The molecular formula is C26H28N2O5. The van der Waals surface area contributed by atoms with Crippen LogP contribution in [0.3, 0.4) is 0 Å². The van der Waals surface area contributed by atoms with Crippen molar-refractivity contribution in [1.29, 1.82) is 0 Å². The number of rotatable bonds is 11. The lowest BCUT2D eigenvalue weighted by Crippen LogP contribution is -2.23. The Morgan fingerprint density at radius 3 is 2.48 bits per heavy atom. The van der Waals surface area contributed by atoms with E-state index in [2.05, 4.69) is 10.3 Å². The van der Waals surface area contributed by atoms with E-state index in [0.29, 0.717) is 42.4 Å². The van der Waals surface area contributed by atoms with Gasteiger partial charge in [-0.15, -0.1) is 0 Å². The quantitative estimate of drug-likeness (QED) is 0.435. The van der Waals surface area contributed by atoms with Crippen molar-refractivity contribution >= 4 is 11.9 Å². The predicted octanol–water partition coefficient (Wildman–Crippen LogP) is 4.86. The van der Waals surface area contributed by atoms with Gasteiger partial charge in [0, 0.05) is 29.9 Å². The zero-order valence-corrected chi connectivity index (χ0v) is 18.8. The largest absolute Gasteiger partial charge is 0.494 e. The Kier molecular flexibility index (Phi) is 8.41. The minimum absolute atomic E-state index is 0.232. The summed E-state index contributed by atoms with van der Waals surface area (Å²) < 4.78 is 11.3. The van der Waals surface area contributed by atoms with Crippen molar-refractivity contribution in [3.05, 3.63) is 83.6 Å². The van der Waals surface area contributed by atoms with E-state index in [1.807, 2.05) is 38.1 Å². The van der Waals surface area contributed by atoms with Crippen LogP contribution in [-0.4, -0.2) is 28.6 Å². The summed E-state index contributed by atoms with van der Waals surface area (Å²) in [6.45, 7) is 4.51. The standard InChI is InChI=1S/C26H28N2O5/c1-3-19(26(30)31)15-18-8-13-23(32-4-2)21(16-18)17-28-25(29)20-9-11-22(12-10-20)33-24-7-5-6-14-27-24/h5-14,16,19H,3-4,15,17H2,1-2H3,(H,28,29)(H,30,31). The molecule has 3 rings (SSSR count). The molecular weight excluding hydrogens is 420 g/mol. The van der Waals surface area contributed by atoms with Crippen LogP contribution in [0.15, 0.2) is 66.9 Å². The van der Waals surface area contributed by atoms with Crippen molar-refractivity contribution in [1.82, 2.24) is 10.3 Å². The maximum Gasteiger partial charge on any atom is 0.306 e. The highest BCUT2D eigenvalue weighted by atomic mass is 16.5. The molecule has 0 spiro atoms.